The molecule has 0 bridgehead atoms. The van der Waals surface area contributed by atoms with E-state index in [1.807, 2.05) is 0 Å². The van der Waals surface area contributed by atoms with Gasteiger partial charge in [-0.3, -0.25) is 0 Å². The summed E-state index contributed by atoms with van der Waals surface area (Å²) in [5.74, 6) is 0. The molecule has 0 aliphatic carbocycles. The third kappa shape index (κ3) is 1.69. The van der Waals surface area contributed by atoms with Crippen LogP contribution < -0.4 is 0 Å². The fraction of sp³-hybridized carbons (Fsp3) is 0.375. The van der Waals surface area contributed by atoms with Crippen molar-refractivity contribution in [2.45, 2.75) is 20.8 Å². The Hall–Kier alpha value is -0.0266. The zero-order valence-electron chi connectivity index (χ0n) is 6.01. The minimum Gasteiger partial charge on any atom is -0.210 e. The molecule has 9 heavy (non-hydrogen) atoms. The van der Waals surface area contributed by atoms with Crippen molar-refractivity contribution in [2.24, 2.45) is 0 Å². The summed E-state index contributed by atoms with van der Waals surface area (Å²) < 4.78 is 0. The van der Waals surface area contributed by atoms with Crippen molar-refractivity contribution in [1.29, 1.82) is 0 Å². The molecule has 0 spiro atoms. The first kappa shape index (κ1) is 8.97. The summed E-state index contributed by atoms with van der Waals surface area (Å²) >= 11 is 0. The second-order valence-electron chi connectivity index (χ2n) is 2.32. The van der Waals surface area contributed by atoms with Crippen LogP contribution in [0, 0.1) is 20.8 Å². The standard InChI is InChI=1S/C8H11.Ru/c1-6-4-5-7(2)8(6)3;/h4-5H,1-3H3;/q-1;+3. The van der Waals surface area contributed by atoms with Gasteiger partial charge in [0, 0.05) is 0 Å². The second-order valence-corrected chi connectivity index (χ2v) is 2.32. The summed E-state index contributed by atoms with van der Waals surface area (Å²) in [5, 5.41) is 0. The van der Waals surface area contributed by atoms with Crippen molar-refractivity contribution in [3.05, 3.63) is 28.8 Å². The fourth-order valence-electron chi connectivity index (χ4n) is 0.811. The van der Waals surface area contributed by atoms with Gasteiger partial charge in [-0.2, -0.15) is 22.8 Å². The molecule has 0 aromatic heterocycles. The molecule has 0 nitrogen and oxygen atoms in total. The first-order valence-electron chi connectivity index (χ1n) is 2.91. The molecular weight excluding hydrogens is 197 g/mol. The van der Waals surface area contributed by atoms with Gasteiger partial charge in [-0.05, 0) is 0 Å². The zero-order chi connectivity index (χ0) is 6.15. The minimum atomic E-state index is 0. The maximum Gasteiger partial charge on any atom is 3.00 e. The van der Waals surface area contributed by atoms with Crippen LogP contribution in [-0.4, -0.2) is 0 Å². The van der Waals surface area contributed by atoms with Crippen LogP contribution in [0.2, 0.25) is 0 Å². The number of aryl methyl sites for hydroxylation is 2. The monoisotopic (exact) mass is 209 g/mol. The van der Waals surface area contributed by atoms with E-state index in [2.05, 4.69) is 32.9 Å². The molecule has 0 saturated heterocycles. The molecule has 0 N–H and O–H groups in total. The van der Waals surface area contributed by atoms with Gasteiger partial charge in [0.2, 0.25) is 0 Å². The van der Waals surface area contributed by atoms with Gasteiger partial charge in [0.05, 0.1) is 0 Å². The Morgan fingerprint density at radius 3 is 2.00 bits per heavy atom. The van der Waals surface area contributed by atoms with E-state index in [1.54, 1.807) is 0 Å². The van der Waals surface area contributed by atoms with Crippen LogP contribution in [0.15, 0.2) is 12.1 Å². The molecule has 1 radical (unpaired) electrons. The molecular formula is C8H11Ru+2. The fourth-order valence-corrected chi connectivity index (χ4v) is 0.811. The number of hydrogen-bond acceptors (Lipinski definition) is 0. The largest absolute Gasteiger partial charge is 3.00 e. The molecule has 0 saturated carbocycles. The van der Waals surface area contributed by atoms with Crippen LogP contribution in [0.25, 0.3) is 0 Å². The Morgan fingerprint density at radius 1 is 1.33 bits per heavy atom. The summed E-state index contributed by atoms with van der Waals surface area (Å²) in [4.78, 5) is 0. The van der Waals surface area contributed by atoms with Crippen LogP contribution in [0.3, 0.4) is 0 Å². The van der Waals surface area contributed by atoms with E-state index in [9.17, 15) is 0 Å². The molecule has 0 fully saturated rings. The summed E-state index contributed by atoms with van der Waals surface area (Å²) in [6.45, 7) is 6.44. The van der Waals surface area contributed by atoms with Gasteiger partial charge in [0.25, 0.3) is 0 Å². The van der Waals surface area contributed by atoms with E-state index in [0.29, 0.717) is 0 Å². The first-order valence-corrected chi connectivity index (χ1v) is 2.91. The summed E-state index contributed by atoms with van der Waals surface area (Å²) in [7, 11) is 0. The average Bonchev–Trinajstić information content (AvgIpc) is 1.98. The molecule has 1 heteroatoms. The van der Waals surface area contributed by atoms with Gasteiger partial charge < -0.3 is 0 Å². The molecule has 0 amide bonds. The molecule has 0 atom stereocenters. The summed E-state index contributed by atoms with van der Waals surface area (Å²) in [6, 6.07) is 4.31. The normalized spacial score (nSPS) is 8.78. The first-order chi connectivity index (χ1) is 3.72. The zero-order valence-corrected chi connectivity index (χ0v) is 7.75. The van der Waals surface area contributed by atoms with Gasteiger partial charge in [-0.15, -0.1) is 0 Å². The SMILES string of the molecule is Cc1cc[c-](C)c1C.[Ru+3]. The van der Waals surface area contributed by atoms with Crippen molar-refractivity contribution in [3.63, 3.8) is 0 Å². The van der Waals surface area contributed by atoms with E-state index in [1.165, 1.54) is 16.7 Å². The van der Waals surface area contributed by atoms with Gasteiger partial charge in [-0.1, -0.05) is 20.8 Å². The Morgan fingerprint density at radius 2 is 1.89 bits per heavy atom. The van der Waals surface area contributed by atoms with E-state index in [-0.39, 0.29) is 19.5 Å². The predicted octanol–water partition coefficient (Wildman–Crippen LogP) is 2.33. The van der Waals surface area contributed by atoms with Crippen LogP contribution in [-0.2, 0) is 19.5 Å². The Kier molecular flexibility index (Phi) is 3.21. The molecule has 0 unspecified atom stereocenters. The van der Waals surface area contributed by atoms with Gasteiger partial charge >= 0.3 is 19.5 Å². The van der Waals surface area contributed by atoms with Crippen molar-refractivity contribution in [2.75, 3.05) is 0 Å². The van der Waals surface area contributed by atoms with Gasteiger partial charge in [0.1, 0.15) is 0 Å². The summed E-state index contributed by atoms with van der Waals surface area (Å²) in [5.41, 5.74) is 4.25. The van der Waals surface area contributed by atoms with E-state index in [4.69, 9.17) is 0 Å². The third-order valence-electron chi connectivity index (χ3n) is 1.77. The quantitative estimate of drug-likeness (QED) is 0.453. The minimum absolute atomic E-state index is 0. The number of hydrogen-bond donors (Lipinski definition) is 0. The topological polar surface area (TPSA) is 0 Å². The molecule has 0 aliphatic heterocycles. The Labute approximate surface area is 69.4 Å². The molecule has 1 aromatic rings. The Bertz CT molecular complexity index is 167. The average molecular weight is 208 g/mol. The predicted molar refractivity (Wildman–Crippen MR) is 36.2 cm³/mol. The number of rotatable bonds is 0. The van der Waals surface area contributed by atoms with Crippen molar-refractivity contribution < 1.29 is 19.5 Å². The molecule has 49 valence electrons. The summed E-state index contributed by atoms with van der Waals surface area (Å²) in [6.07, 6.45) is 0. The van der Waals surface area contributed by atoms with Crippen LogP contribution in [0.4, 0.5) is 0 Å². The molecule has 1 rings (SSSR count). The second kappa shape index (κ2) is 3.22. The van der Waals surface area contributed by atoms with Crippen LogP contribution in [0.5, 0.6) is 0 Å². The Balaban J connectivity index is 0.000000640. The molecule has 0 aliphatic rings. The van der Waals surface area contributed by atoms with Crippen molar-refractivity contribution in [3.8, 4) is 0 Å². The van der Waals surface area contributed by atoms with Crippen LogP contribution >= 0.6 is 0 Å². The van der Waals surface area contributed by atoms with Crippen LogP contribution in [0.1, 0.15) is 16.7 Å². The molecule has 1 aromatic carbocycles. The van der Waals surface area contributed by atoms with E-state index >= 15 is 0 Å². The smallest absolute Gasteiger partial charge is 0.210 e. The maximum atomic E-state index is 2.16. The molecule has 0 heterocycles. The maximum absolute atomic E-state index is 2.16. The van der Waals surface area contributed by atoms with Crippen molar-refractivity contribution >= 4 is 0 Å². The van der Waals surface area contributed by atoms with Gasteiger partial charge in [-0.25, -0.2) is 6.07 Å². The van der Waals surface area contributed by atoms with E-state index < -0.39 is 0 Å². The van der Waals surface area contributed by atoms with Crippen molar-refractivity contribution in [1.82, 2.24) is 0 Å². The third-order valence-corrected chi connectivity index (χ3v) is 1.77. The van der Waals surface area contributed by atoms with E-state index in [0.717, 1.165) is 0 Å². The van der Waals surface area contributed by atoms with Gasteiger partial charge in [0.15, 0.2) is 0 Å².